The number of anilines is 1. The number of carbonyl (C=O) groups excluding carboxylic acids is 1. The molecule has 4 rings (SSSR count). The van der Waals surface area contributed by atoms with Crippen LogP contribution in [-0.4, -0.2) is 42.0 Å². The van der Waals surface area contributed by atoms with Gasteiger partial charge in [0.25, 0.3) is 5.91 Å². The van der Waals surface area contributed by atoms with Crippen molar-refractivity contribution < 1.29 is 4.79 Å². The van der Waals surface area contributed by atoms with Gasteiger partial charge in [-0.25, -0.2) is 4.98 Å². The molecule has 0 bridgehead atoms. The fraction of sp³-hybridized carbons (Fsp3) is 0.200. The van der Waals surface area contributed by atoms with E-state index in [4.69, 9.17) is 11.6 Å². The van der Waals surface area contributed by atoms with Crippen LogP contribution in [0, 0.1) is 0 Å². The standard InChI is InChI=1S/C20H18ClN3OS/c21-16-7-4-8-17(13-16)23-9-11-24(12-10-23)20(25)19-18(22-14-26-19)15-5-2-1-3-6-15/h1-8,13-14H,9-12H2. The molecule has 2 heterocycles. The molecule has 4 nitrogen and oxygen atoms in total. The molecule has 0 unspecified atom stereocenters. The lowest BCUT2D eigenvalue weighted by atomic mass is 10.1. The number of rotatable bonds is 3. The smallest absolute Gasteiger partial charge is 0.266 e. The molecule has 1 aliphatic heterocycles. The monoisotopic (exact) mass is 383 g/mol. The van der Waals surface area contributed by atoms with E-state index in [0.29, 0.717) is 18.0 Å². The summed E-state index contributed by atoms with van der Waals surface area (Å²) in [5, 5.41) is 0.734. The number of carbonyl (C=O) groups is 1. The predicted molar refractivity (Wildman–Crippen MR) is 107 cm³/mol. The number of aromatic nitrogens is 1. The third kappa shape index (κ3) is 3.45. The molecule has 6 heteroatoms. The summed E-state index contributed by atoms with van der Waals surface area (Å²) in [7, 11) is 0. The Labute approximate surface area is 161 Å². The number of thiazole rings is 1. The first-order chi connectivity index (χ1) is 12.7. The average Bonchev–Trinajstić information content (AvgIpc) is 3.18. The molecule has 0 aliphatic carbocycles. The van der Waals surface area contributed by atoms with Gasteiger partial charge in [-0.05, 0) is 18.2 Å². The Morgan fingerprint density at radius 1 is 1.00 bits per heavy atom. The normalized spacial score (nSPS) is 14.5. The van der Waals surface area contributed by atoms with Crippen LogP contribution in [0.5, 0.6) is 0 Å². The molecule has 132 valence electrons. The molecule has 0 atom stereocenters. The Bertz CT molecular complexity index is 904. The number of halogens is 1. The second kappa shape index (κ2) is 7.48. The highest BCUT2D eigenvalue weighted by Gasteiger charge is 2.26. The van der Waals surface area contributed by atoms with Crippen LogP contribution in [0.1, 0.15) is 9.67 Å². The van der Waals surface area contributed by atoms with Crippen LogP contribution >= 0.6 is 22.9 Å². The summed E-state index contributed by atoms with van der Waals surface area (Å²) < 4.78 is 0. The van der Waals surface area contributed by atoms with Crippen LogP contribution < -0.4 is 4.90 Å². The van der Waals surface area contributed by atoms with E-state index in [0.717, 1.165) is 35.1 Å². The average molecular weight is 384 g/mol. The Morgan fingerprint density at radius 2 is 1.77 bits per heavy atom. The summed E-state index contributed by atoms with van der Waals surface area (Å²) in [4.78, 5) is 22.3. The van der Waals surface area contributed by atoms with Crippen LogP contribution in [0.2, 0.25) is 5.02 Å². The molecule has 1 fully saturated rings. The maximum Gasteiger partial charge on any atom is 0.266 e. The second-order valence-corrected chi connectivity index (χ2v) is 7.45. The van der Waals surface area contributed by atoms with Gasteiger partial charge < -0.3 is 9.80 Å². The zero-order chi connectivity index (χ0) is 17.9. The number of hydrogen-bond acceptors (Lipinski definition) is 4. The molecule has 0 saturated carbocycles. The highest BCUT2D eigenvalue weighted by molar-refractivity contribution is 7.12. The summed E-state index contributed by atoms with van der Waals surface area (Å²) in [6.45, 7) is 2.98. The first-order valence-electron chi connectivity index (χ1n) is 8.51. The fourth-order valence-electron chi connectivity index (χ4n) is 3.18. The molecule has 3 aromatic rings. The third-order valence-electron chi connectivity index (χ3n) is 4.55. The van der Waals surface area contributed by atoms with Gasteiger partial charge in [0.2, 0.25) is 0 Å². The lowest BCUT2D eigenvalue weighted by Gasteiger charge is -2.36. The van der Waals surface area contributed by atoms with E-state index in [2.05, 4.69) is 16.0 Å². The summed E-state index contributed by atoms with van der Waals surface area (Å²) >= 11 is 7.50. The molecule has 1 aromatic heterocycles. The van der Waals surface area contributed by atoms with Gasteiger partial charge in [-0.1, -0.05) is 48.0 Å². The lowest BCUT2D eigenvalue weighted by molar-refractivity contribution is 0.0752. The van der Waals surface area contributed by atoms with Gasteiger partial charge in [0, 0.05) is 42.5 Å². The maximum atomic E-state index is 13.0. The van der Waals surface area contributed by atoms with Crippen LogP contribution in [0.25, 0.3) is 11.3 Å². The van der Waals surface area contributed by atoms with E-state index in [1.54, 1.807) is 5.51 Å². The minimum absolute atomic E-state index is 0.0668. The van der Waals surface area contributed by atoms with Crippen molar-refractivity contribution in [3.63, 3.8) is 0 Å². The van der Waals surface area contributed by atoms with E-state index in [1.807, 2.05) is 53.4 Å². The quantitative estimate of drug-likeness (QED) is 0.671. The number of amides is 1. The van der Waals surface area contributed by atoms with Gasteiger partial charge in [0.1, 0.15) is 4.88 Å². The van der Waals surface area contributed by atoms with E-state index in [1.165, 1.54) is 11.3 Å². The van der Waals surface area contributed by atoms with Crippen LogP contribution in [0.15, 0.2) is 60.1 Å². The first kappa shape index (κ1) is 17.1. The molecule has 1 aliphatic rings. The minimum atomic E-state index is 0.0668. The van der Waals surface area contributed by atoms with E-state index >= 15 is 0 Å². The Balaban J connectivity index is 1.47. The highest BCUT2D eigenvalue weighted by Crippen LogP contribution is 2.27. The largest absolute Gasteiger partial charge is 0.368 e. The second-order valence-electron chi connectivity index (χ2n) is 6.16. The van der Waals surface area contributed by atoms with Gasteiger partial charge in [-0.15, -0.1) is 11.3 Å². The van der Waals surface area contributed by atoms with Crippen molar-refractivity contribution in [2.24, 2.45) is 0 Å². The van der Waals surface area contributed by atoms with Crippen molar-refractivity contribution in [3.05, 3.63) is 70.0 Å². The molecular weight excluding hydrogens is 366 g/mol. The van der Waals surface area contributed by atoms with E-state index in [-0.39, 0.29) is 5.91 Å². The Hall–Kier alpha value is -2.37. The van der Waals surface area contributed by atoms with Crippen molar-refractivity contribution in [2.45, 2.75) is 0 Å². The summed E-state index contributed by atoms with van der Waals surface area (Å²) in [5.41, 5.74) is 4.61. The third-order valence-corrected chi connectivity index (χ3v) is 5.60. The number of benzene rings is 2. The molecule has 0 radical (unpaired) electrons. The van der Waals surface area contributed by atoms with Gasteiger partial charge in [0.05, 0.1) is 11.2 Å². The molecule has 2 aromatic carbocycles. The molecule has 0 spiro atoms. The van der Waals surface area contributed by atoms with Crippen LogP contribution in [0.3, 0.4) is 0 Å². The maximum absolute atomic E-state index is 13.0. The van der Waals surface area contributed by atoms with Gasteiger partial charge in [-0.3, -0.25) is 4.79 Å². The van der Waals surface area contributed by atoms with Crippen molar-refractivity contribution in [1.82, 2.24) is 9.88 Å². The Kier molecular flexibility index (Phi) is 4.91. The van der Waals surface area contributed by atoms with Gasteiger partial charge in [-0.2, -0.15) is 0 Å². The summed E-state index contributed by atoms with van der Waals surface area (Å²) in [6, 6.07) is 17.7. The fourth-order valence-corrected chi connectivity index (χ4v) is 4.14. The van der Waals surface area contributed by atoms with Crippen LogP contribution in [-0.2, 0) is 0 Å². The first-order valence-corrected chi connectivity index (χ1v) is 9.77. The minimum Gasteiger partial charge on any atom is -0.368 e. The van der Waals surface area contributed by atoms with Crippen molar-refractivity contribution in [3.8, 4) is 11.3 Å². The van der Waals surface area contributed by atoms with E-state index < -0.39 is 0 Å². The SMILES string of the molecule is O=C(c1scnc1-c1ccccc1)N1CCN(c2cccc(Cl)c2)CC1. The zero-order valence-electron chi connectivity index (χ0n) is 14.1. The molecule has 0 N–H and O–H groups in total. The van der Waals surface area contributed by atoms with Crippen molar-refractivity contribution >= 4 is 34.5 Å². The van der Waals surface area contributed by atoms with Gasteiger partial charge >= 0.3 is 0 Å². The van der Waals surface area contributed by atoms with Crippen molar-refractivity contribution in [2.75, 3.05) is 31.1 Å². The topological polar surface area (TPSA) is 36.4 Å². The number of piperazine rings is 1. The summed E-state index contributed by atoms with van der Waals surface area (Å²) in [5.74, 6) is 0.0668. The predicted octanol–water partition coefficient (Wildman–Crippen LogP) is 4.43. The van der Waals surface area contributed by atoms with E-state index in [9.17, 15) is 4.79 Å². The van der Waals surface area contributed by atoms with Crippen molar-refractivity contribution in [1.29, 1.82) is 0 Å². The molecular formula is C20H18ClN3OS. The molecule has 1 saturated heterocycles. The summed E-state index contributed by atoms with van der Waals surface area (Å²) in [6.07, 6.45) is 0. The number of hydrogen-bond donors (Lipinski definition) is 0. The molecule has 1 amide bonds. The Morgan fingerprint density at radius 3 is 2.50 bits per heavy atom. The molecule has 26 heavy (non-hydrogen) atoms. The van der Waals surface area contributed by atoms with Crippen LogP contribution in [0.4, 0.5) is 5.69 Å². The number of nitrogens with zero attached hydrogens (tertiary/aromatic N) is 3. The zero-order valence-corrected chi connectivity index (χ0v) is 15.7. The highest BCUT2D eigenvalue weighted by atomic mass is 35.5. The lowest BCUT2D eigenvalue weighted by Crippen LogP contribution is -2.48. The van der Waals surface area contributed by atoms with Gasteiger partial charge in [0.15, 0.2) is 0 Å².